The third kappa shape index (κ3) is 1.49. The smallest absolute Gasteiger partial charge is 0.233 e. The summed E-state index contributed by atoms with van der Waals surface area (Å²) in [7, 11) is 0. The molecule has 0 amide bonds. The molecule has 1 unspecified atom stereocenters. The molecule has 0 aromatic rings. The fraction of sp³-hybridized carbons (Fsp3) is 0.500. The van der Waals surface area contributed by atoms with Gasteiger partial charge in [-0.15, -0.1) is 0 Å². The van der Waals surface area contributed by atoms with Crippen LogP contribution >= 0.6 is 0 Å². The van der Waals surface area contributed by atoms with E-state index in [0.717, 1.165) is 11.3 Å². The average Bonchev–Trinajstić information content (AvgIpc) is 2.17. The SMILES string of the molecule is O=[N+]([O-])C1CNC2=C(COC=C2)C1. The summed E-state index contributed by atoms with van der Waals surface area (Å²) in [5.74, 6) is 0. The summed E-state index contributed by atoms with van der Waals surface area (Å²) in [6, 6.07) is -0.506. The molecule has 2 heterocycles. The van der Waals surface area contributed by atoms with E-state index in [1.165, 1.54) is 0 Å². The Bertz CT molecular complexity index is 296. The lowest BCUT2D eigenvalue weighted by atomic mass is 10.00. The predicted molar refractivity (Wildman–Crippen MR) is 45.5 cm³/mol. The summed E-state index contributed by atoms with van der Waals surface area (Å²) < 4.78 is 5.07. The van der Waals surface area contributed by atoms with Gasteiger partial charge in [-0.05, 0) is 11.6 Å². The van der Waals surface area contributed by atoms with Crippen molar-refractivity contribution in [1.82, 2.24) is 5.32 Å². The number of rotatable bonds is 1. The quantitative estimate of drug-likeness (QED) is 0.471. The number of nitro groups is 1. The van der Waals surface area contributed by atoms with Crippen LogP contribution in [0.1, 0.15) is 6.42 Å². The third-order valence-electron chi connectivity index (χ3n) is 2.28. The Labute approximate surface area is 75.2 Å². The van der Waals surface area contributed by atoms with Crippen molar-refractivity contribution in [3.8, 4) is 0 Å². The highest BCUT2D eigenvalue weighted by molar-refractivity contribution is 5.29. The minimum Gasteiger partial charge on any atom is -0.497 e. The second-order valence-electron chi connectivity index (χ2n) is 3.16. The molecule has 0 aromatic heterocycles. The Kier molecular flexibility index (Phi) is 1.92. The van der Waals surface area contributed by atoms with Crippen LogP contribution in [0.15, 0.2) is 23.6 Å². The first-order valence-corrected chi connectivity index (χ1v) is 4.15. The summed E-state index contributed by atoms with van der Waals surface area (Å²) in [6.45, 7) is 0.888. The maximum absolute atomic E-state index is 10.5. The van der Waals surface area contributed by atoms with Gasteiger partial charge in [-0.2, -0.15) is 0 Å². The zero-order valence-electron chi connectivity index (χ0n) is 7.03. The highest BCUT2D eigenvalue weighted by Crippen LogP contribution is 2.20. The highest BCUT2D eigenvalue weighted by Gasteiger charge is 2.28. The van der Waals surface area contributed by atoms with Gasteiger partial charge in [0.2, 0.25) is 6.04 Å². The van der Waals surface area contributed by atoms with Gasteiger partial charge in [-0.3, -0.25) is 10.1 Å². The van der Waals surface area contributed by atoms with Crippen LogP contribution in [0.5, 0.6) is 0 Å². The normalized spacial score (nSPS) is 26.0. The van der Waals surface area contributed by atoms with E-state index in [2.05, 4.69) is 5.32 Å². The van der Waals surface area contributed by atoms with Gasteiger partial charge in [0.05, 0.1) is 12.8 Å². The van der Waals surface area contributed by atoms with Crippen molar-refractivity contribution in [1.29, 1.82) is 0 Å². The topological polar surface area (TPSA) is 64.4 Å². The van der Waals surface area contributed by atoms with Gasteiger partial charge in [0.25, 0.3) is 0 Å². The molecular weight excluding hydrogens is 172 g/mol. The van der Waals surface area contributed by atoms with Crippen LogP contribution in [0.4, 0.5) is 0 Å². The number of hydrogen-bond acceptors (Lipinski definition) is 4. The molecule has 2 aliphatic rings. The van der Waals surface area contributed by atoms with Gasteiger partial charge in [0.15, 0.2) is 0 Å². The molecule has 0 saturated carbocycles. The fourth-order valence-corrected chi connectivity index (χ4v) is 1.55. The molecule has 2 rings (SSSR count). The molecule has 0 saturated heterocycles. The molecule has 2 aliphatic heterocycles. The van der Waals surface area contributed by atoms with E-state index in [0.29, 0.717) is 19.6 Å². The third-order valence-corrected chi connectivity index (χ3v) is 2.28. The molecule has 0 spiro atoms. The van der Waals surface area contributed by atoms with E-state index < -0.39 is 6.04 Å². The lowest BCUT2D eigenvalue weighted by Gasteiger charge is -2.24. The maximum atomic E-state index is 10.5. The minimum absolute atomic E-state index is 0.241. The molecule has 0 radical (unpaired) electrons. The lowest BCUT2D eigenvalue weighted by Crippen LogP contribution is -2.38. The average molecular weight is 182 g/mol. The number of ether oxygens (including phenoxy) is 1. The first kappa shape index (κ1) is 8.10. The lowest BCUT2D eigenvalue weighted by molar-refractivity contribution is -0.520. The first-order chi connectivity index (χ1) is 6.27. The van der Waals surface area contributed by atoms with Gasteiger partial charge in [0, 0.05) is 17.0 Å². The van der Waals surface area contributed by atoms with E-state index in [-0.39, 0.29) is 4.92 Å². The van der Waals surface area contributed by atoms with Gasteiger partial charge in [0.1, 0.15) is 6.61 Å². The maximum Gasteiger partial charge on any atom is 0.233 e. The van der Waals surface area contributed by atoms with Crippen LogP contribution in [-0.2, 0) is 4.74 Å². The second kappa shape index (κ2) is 3.08. The number of nitrogens with zero attached hydrogens (tertiary/aromatic N) is 1. The van der Waals surface area contributed by atoms with Crippen molar-refractivity contribution in [2.24, 2.45) is 0 Å². The van der Waals surface area contributed by atoms with Crippen LogP contribution in [-0.4, -0.2) is 24.1 Å². The van der Waals surface area contributed by atoms with Gasteiger partial charge in [-0.25, -0.2) is 0 Å². The Balaban J connectivity index is 2.14. The summed E-state index contributed by atoms with van der Waals surface area (Å²) in [5, 5.41) is 13.5. The molecule has 0 fully saturated rings. The van der Waals surface area contributed by atoms with Crippen LogP contribution in [0.25, 0.3) is 0 Å². The Morgan fingerprint density at radius 2 is 2.54 bits per heavy atom. The van der Waals surface area contributed by atoms with Crippen LogP contribution in [0.2, 0.25) is 0 Å². The number of hydrogen-bond donors (Lipinski definition) is 1. The molecule has 0 bridgehead atoms. The van der Waals surface area contributed by atoms with Crippen molar-refractivity contribution >= 4 is 0 Å². The Morgan fingerprint density at radius 3 is 3.31 bits per heavy atom. The molecule has 5 nitrogen and oxygen atoms in total. The summed E-state index contributed by atoms with van der Waals surface area (Å²) in [5.41, 5.74) is 1.99. The van der Waals surface area contributed by atoms with Crippen LogP contribution in [0, 0.1) is 10.1 Å². The van der Waals surface area contributed by atoms with Crippen molar-refractivity contribution in [2.45, 2.75) is 12.5 Å². The fourth-order valence-electron chi connectivity index (χ4n) is 1.55. The van der Waals surface area contributed by atoms with Crippen LogP contribution in [0.3, 0.4) is 0 Å². The van der Waals surface area contributed by atoms with E-state index in [1.807, 2.05) is 6.08 Å². The van der Waals surface area contributed by atoms with Gasteiger partial charge in [-0.1, -0.05) is 0 Å². The standard InChI is InChI=1S/C8H10N2O3/c11-10(12)7-3-6-5-13-2-1-8(6)9-4-7/h1-2,7,9H,3-5H2. The molecule has 70 valence electrons. The minimum atomic E-state index is -0.506. The van der Waals surface area contributed by atoms with E-state index in [4.69, 9.17) is 4.74 Å². The largest absolute Gasteiger partial charge is 0.497 e. The second-order valence-corrected chi connectivity index (χ2v) is 3.16. The molecule has 0 aliphatic carbocycles. The number of allylic oxidation sites excluding steroid dienone is 1. The Hall–Kier alpha value is -1.52. The summed E-state index contributed by atoms with van der Waals surface area (Å²) in [4.78, 5) is 10.3. The summed E-state index contributed by atoms with van der Waals surface area (Å²) >= 11 is 0. The first-order valence-electron chi connectivity index (χ1n) is 4.15. The molecule has 13 heavy (non-hydrogen) atoms. The predicted octanol–water partition coefficient (Wildman–Crippen LogP) is 0.423. The molecular formula is C8H10N2O3. The van der Waals surface area contributed by atoms with Gasteiger partial charge >= 0.3 is 0 Å². The molecule has 1 atom stereocenters. The zero-order valence-corrected chi connectivity index (χ0v) is 7.03. The van der Waals surface area contributed by atoms with Crippen molar-refractivity contribution in [2.75, 3.05) is 13.2 Å². The van der Waals surface area contributed by atoms with E-state index in [9.17, 15) is 10.1 Å². The van der Waals surface area contributed by atoms with Crippen molar-refractivity contribution in [3.05, 3.63) is 33.7 Å². The van der Waals surface area contributed by atoms with Crippen LogP contribution < -0.4 is 5.32 Å². The van der Waals surface area contributed by atoms with Crippen molar-refractivity contribution < 1.29 is 9.66 Å². The van der Waals surface area contributed by atoms with E-state index >= 15 is 0 Å². The van der Waals surface area contributed by atoms with Crippen molar-refractivity contribution in [3.63, 3.8) is 0 Å². The zero-order chi connectivity index (χ0) is 9.26. The monoisotopic (exact) mass is 182 g/mol. The Morgan fingerprint density at radius 1 is 1.69 bits per heavy atom. The van der Waals surface area contributed by atoms with Gasteiger partial charge < -0.3 is 10.1 Å². The molecule has 5 heteroatoms. The molecule has 0 aromatic carbocycles. The highest BCUT2D eigenvalue weighted by atomic mass is 16.6. The van der Waals surface area contributed by atoms with E-state index in [1.54, 1.807) is 6.26 Å². The summed E-state index contributed by atoms with van der Waals surface area (Å²) in [6.07, 6.45) is 3.92. The molecule has 1 N–H and O–H groups in total. The number of nitrogens with one attached hydrogen (secondary N) is 1.